The van der Waals surface area contributed by atoms with Crippen LogP contribution >= 0.6 is 15.9 Å². The minimum atomic E-state index is 0.968. The van der Waals surface area contributed by atoms with E-state index in [0.717, 1.165) is 18.4 Å². The van der Waals surface area contributed by atoms with Gasteiger partial charge < -0.3 is 5.32 Å². The fourth-order valence-electron chi connectivity index (χ4n) is 2.19. The molecule has 96 valence electrons. The molecule has 0 amide bonds. The topological polar surface area (TPSA) is 12.0 Å². The first-order valence-electron chi connectivity index (χ1n) is 6.65. The number of halogens is 1. The summed E-state index contributed by atoms with van der Waals surface area (Å²) in [5.74, 6) is 0. The van der Waals surface area contributed by atoms with Crippen LogP contribution in [-0.2, 0) is 6.54 Å². The maximum atomic E-state index is 3.54. The molecule has 0 spiro atoms. The molecule has 1 nitrogen and oxygen atoms in total. The third kappa shape index (κ3) is 3.82. The summed E-state index contributed by atoms with van der Waals surface area (Å²) in [7, 11) is 0. The van der Waals surface area contributed by atoms with Crippen molar-refractivity contribution in [2.45, 2.75) is 25.8 Å². The highest BCUT2D eigenvalue weighted by atomic mass is 79.9. The van der Waals surface area contributed by atoms with Crippen molar-refractivity contribution >= 4 is 26.7 Å². The molecule has 0 radical (unpaired) electrons. The lowest BCUT2D eigenvalue weighted by atomic mass is 10.0. The molecule has 0 aliphatic heterocycles. The fourth-order valence-corrected chi connectivity index (χ4v) is 2.59. The monoisotopic (exact) mass is 305 g/mol. The first-order valence-corrected chi connectivity index (χ1v) is 7.77. The zero-order chi connectivity index (χ0) is 12.6. The Balaban J connectivity index is 1.88. The SMILES string of the molecule is BrCCCCCNCc1cccc2ccccc12. The van der Waals surface area contributed by atoms with Gasteiger partial charge in [0.2, 0.25) is 0 Å². The van der Waals surface area contributed by atoms with Crippen LogP contribution in [0.2, 0.25) is 0 Å². The molecule has 0 aliphatic carbocycles. The summed E-state index contributed by atoms with van der Waals surface area (Å²) in [5, 5.41) is 7.36. The van der Waals surface area contributed by atoms with Crippen molar-refractivity contribution in [3.8, 4) is 0 Å². The van der Waals surface area contributed by atoms with Crippen LogP contribution in [0.25, 0.3) is 10.8 Å². The summed E-state index contributed by atoms with van der Waals surface area (Å²) in [4.78, 5) is 0. The van der Waals surface area contributed by atoms with Crippen LogP contribution in [0.5, 0.6) is 0 Å². The molecule has 0 aromatic heterocycles. The van der Waals surface area contributed by atoms with Gasteiger partial charge in [-0.1, -0.05) is 64.8 Å². The number of alkyl halides is 1. The molecule has 0 atom stereocenters. The van der Waals surface area contributed by atoms with Gasteiger partial charge in [0.05, 0.1) is 0 Å². The Hall–Kier alpha value is -0.860. The van der Waals surface area contributed by atoms with Crippen molar-refractivity contribution in [3.63, 3.8) is 0 Å². The molecule has 0 fully saturated rings. The number of fused-ring (bicyclic) bond motifs is 1. The van der Waals surface area contributed by atoms with Gasteiger partial charge in [-0.15, -0.1) is 0 Å². The van der Waals surface area contributed by atoms with E-state index in [1.165, 1.54) is 35.6 Å². The normalized spacial score (nSPS) is 10.9. The van der Waals surface area contributed by atoms with E-state index in [1.54, 1.807) is 0 Å². The van der Waals surface area contributed by atoms with Crippen LogP contribution in [0.15, 0.2) is 42.5 Å². The standard InChI is InChI=1S/C16H20BrN/c17-11-4-1-5-12-18-13-15-9-6-8-14-7-2-3-10-16(14)15/h2-3,6-10,18H,1,4-5,11-13H2. The molecule has 1 N–H and O–H groups in total. The van der Waals surface area contributed by atoms with Crippen molar-refractivity contribution in [2.24, 2.45) is 0 Å². The number of benzene rings is 2. The fraction of sp³-hybridized carbons (Fsp3) is 0.375. The molecule has 0 saturated carbocycles. The van der Waals surface area contributed by atoms with Crippen molar-refractivity contribution < 1.29 is 0 Å². The molecule has 0 saturated heterocycles. The van der Waals surface area contributed by atoms with Gasteiger partial charge in [0, 0.05) is 11.9 Å². The summed E-state index contributed by atoms with van der Waals surface area (Å²) >= 11 is 3.46. The first kappa shape index (κ1) is 13.6. The van der Waals surface area contributed by atoms with Gasteiger partial charge in [0.25, 0.3) is 0 Å². The van der Waals surface area contributed by atoms with E-state index in [9.17, 15) is 0 Å². The van der Waals surface area contributed by atoms with Gasteiger partial charge in [0.1, 0.15) is 0 Å². The van der Waals surface area contributed by atoms with E-state index < -0.39 is 0 Å². The maximum absolute atomic E-state index is 3.54. The van der Waals surface area contributed by atoms with Crippen LogP contribution < -0.4 is 5.32 Å². The summed E-state index contributed by atoms with van der Waals surface area (Å²) < 4.78 is 0. The van der Waals surface area contributed by atoms with Gasteiger partial charge >= 0.3 is 0 Å². The van der Waals surface area contributed by atoms with E-state index in [0.29, 0.717) is 0 Å². The molecule has 0 aliphatic rings. The average molecular weight is 306 g/mol. The van der Waals surface area contributed by atoms with Gasteiger partial charge in [-0.3, -0.25) is 0 Å². The number of unbranched alkanes of at least 4 members (excludes halogenated alkanes) is 2. The highest BCUT2D eigenvalue weighted by Crippen LogP contribution is 2.18. The van der Waals surface area contributed by atoms with Crippen molar-refractivity contribution in [2.75, 3.05) is 11.9 Å². The van der Waals surface area contributed by atoms with Crippen molar-refractivity contribution in [1.29, 1.82) is 0 Å². The number of nitrogens with one attached hydrogen (secondary N) is 1. The lowest BCUT2D eigenvalue weighted by molar-refractivity contribution is 0.621. The average Bonchev–Trinajstić information content (AvgIpc) is 2.43. The molecule has 2 aromatic rings. The quantitative estimate of drug-likeness (QED) is 0.587. The lowest BCUT2D eigenvalue weighted by Gasteiger charge is -2.08. The van der Waals surface area contributed by atoms with E-state index in [4.69, 9.17) is 0 Å². The Labute approximate surface area is 118 Å². The largest absolute Gasteiger partial charge is 0.313 e. The predicted molar refractivity (Wildman–Crippen MR) is 83.3 cm³/mol. The van der Waals surface area contributed by atoms with E-state index in [2.05, 4.69) is 63.7 Å². The predicted octanol–water partition coefficient (Wildman–Crippen LogP) is 4.49. The van der Waals surface area contributed by atoms with Gasteiger partial charge in [-0.05, 0) is 35.7 Å². The van der Waals surface area contributed by atoms with Crippen LogP contribution in [0.4, 0.5) is 0 Å². The van der Waals surface area contributed by atoms with Crippen LogP contribution in [0.3, 0.4) is 0 Å². The summed E-state index contributed by atoms with van der Waals surface area (Å²) in [6.45, 7) is 2.08. The summed E-state index contributed by atoms with van der Waals surface area (Å²) in [5.41, 5.74) is 1.40. The molecule has 18 heavy (non-hydrogen) atoms. The van der Waals surface area contributed by atoms with Gasteiger partial charge in [0.15, 0.2) is 0 Å². The molecule has 2 rings (SSSR count). The van der Waals surface area contributed by atoms with Crippen molar-refractivity contribution in [3.05, 3.63) is 48.0 Å². The second kappa shape index (κ2) is 7.55. The van der Waals surface area contributed by atoms with E-state index in [-0.39, 0.29) is 0 Å². The van der Waals surface area contributed by atoms with E-state index in [1.807, 2.05) is 0 Å². The lowest BCUT2D eigenvalue weighted by Crippen LogP contribution is -2.14. The Morgan fingerprint density at radius 3 is 2.61 bits per heavy atom. The highest BCUT2D eigenvalue weighted by molar-refractivity contribution is 9.09. The van der Waals surface area contributed by atoms with Crippen LogP contribution in [0, 0.1) is 0 Å². The number of rotatable bonds is 7. The molecular formula is C16H20BrN. The molecule has 0 bridgehead atoms. The highest BCUT2D eigenvalue weighted by Gasteiger charge is 1.99. The smallest absolute Gasteiger partial charge is 0.0211 e. The number of hydrogen-bond acceptors (Lipinski definition) is 1. The third-order valence-corrected chi connectivity index (χ3v) is 3.74. The Kier molecular flexibility index (Phi) is 5.69. The van der Waals surface area contributed by atoms with Gasteiger partial charge in [-0.2, -0.15) is 0 Å². The molecule has 2 heteroatoms. The van der Waals surface area contributed by atoms with Gasteiger partial charge in [-0.25, -0.2) is 0 Å². The van der Waals surface area contributed by atoms with Crippen LogP contribution in [0.1, 0.15) is 24.8 Å². The maximum Gasteiger partial charge on any atom is 0.0211 e. The molecule has 0 heterocycles. The summed E-state index contributed by atoms with van der Waals surface area (Å²) in [6.07, 6.45) is 3.83. The Bertz CT molecular complexity index is 476. The second-order valence-electron chi connectivity index (χ2n) is 4.56. The molecule has 0 unspecified atom stereocenters. The molecule has 2 aromatic carbocycles. The second-order valence-corrected chi connectivity index (χ2v) is 5.36. The summed E-state index contributed by atoms with van der Waals surface area (Å²) in [6, 6.07) is 15.1. The minimum Gasteiger partial charge on any atom is -0.313 e. The minimum absolute atomic E-state index is 0.968. The molecular weight excluding hydrogens is 286 g/mol. The Morgan fingerprint density at radius 1 is 0.889 bits per heavy atom. The van der Waals surface area contributed by atoms with Crippen LogP contribution in [-0.4, -0.2) is 11.9 Å². The number of hydrogen-bond donors (Lipinski definition) is 1. The van der Waals surface area contributed by atoms with E-state index >= 15 is 0 Å². The Morgan fingerprint density at radius 2 is 1.72 bits per heavy atom. The zero-order valence-electron chi connectivity index (χ0n) is 10.7. The zero-order valence-corrected chi connectivity index (χ0v) is 12.2. The van der Waals surface area contributed by atoms with Crippen molar-refractivity contribution in [1.82, 2.24) is 5.32 Å². The third-order valence-electron chi connectivity index (χ3n) is 3.18. The first-order chi connectivity index (χ1) is 8.92.